The molecule has 0 rings (SSSR count). The second-order valence-electron chi connectivity index (χ2n) is 1.24. The summed E-state index contributed by atoms with van der Waals surface area (Å²) in [7, 11) is -0.170. The van der Waals surface area contributed by atoms with Crippen LogP contribution in [0.1, 0.15) is 6.92 Å². The molecular formula is C3H10NO2P. The molecule has 0 fully saturated rings. The van der Waals surface area contributed by atoms with E-state index in [0.29, 0.717) is 6.54 Å². The topological polar surface area (TPSA) is 43.7 Å². The smallest absolute Gasteiger partial charge is 0.252 e. The minimum atomic E-state index is -1.83. The molecule has 0 aliphatic heterocycles. The number of hydrogen-bond donors (Lipinski definition) is 2. The quantitative estimate of drug-likeness (QED) is 0.513. The largest absolute Gasteiger partial charge is 0.338 e. The van der Waals surface area contributed by atoms with Crippen molar-refractivity contribution in [2.75, 3.05) is 13.6 Å². The van der Waals surface area contributed by atoms with Gasteiger partial charge in [0.25, 0.3) is 8.53 Å². The van der Waals surface area contributed by atoms with Gasteiger partial charge in [-0.05, 0) is 7.05 Å². The van der Waals surface area contributed by atoms with Crippen LogP contribution in [0.4, 0.5) is 0 Å². The van der Waals surface area contributed by atoms with E-state index in [4.69, 9.17) is 9.79 Å². The summed E-state index contributed by atoms with van der Waals surface area (Å²) in [6.07, 6.45) is 0. The first-order valence-corrected chi connectivity index (χ1v) is 3.27. The monoisotopic (exact) mass is 123 g/mol. The molecule has 44 valence electrons. The van der Waals surface area contributed by atoms with E-state index in [1.807, 2.05) is 6.92 Å². The third-order valence-corrected chi connectivity index (χ3v) is 1.66. The second-order valence-corrected chi connectivity index (χ2v) is 2.46. The van der Waals surface area contributed by atoms with E-state index in [2.05, 4.69) is 0 Å². The van der Waals surface area contributed by atoms with Crippen molar-refractivity contribution < 1.29 is 9.79 Å². The van der Waals surface area contributed by atoms with Crippen LogP contribution in [0, 0.1) is 0 Å². The van der Waals surface area contributed by atoms with Crippen LogP contribution in [0.2, 0.25) is 0 Å². The normalized spacial score (nSPS) is 11.1. The van der Waals surface area contributed by atoms with Crippen molar-refractivity contribution in [3.05, 3.63) is 0 Å². The zero-order valence-electron chi connectivity index (χ0n) is 4.50. The molecule has 0 aromatic heterocycles. The maximum atomic E-state index is 8.37. The van der Waals surface area contributed by atoms with E-state index < -0.39 is 8.53 Å². The highest BCUT2D eigenvalue weighted by molar-refractivity contribution is 7.42. The van der Waals surface area contributed by atoms with E-state index in [-0.39, 0.29) is 0 Å². The van der Waals surface area contributed by atoms with Crippen molar-refractivity contribution in [1.29, 1.82) is 0 Å². The molecule has 0 heterocycles. The van der Waals surface area contributed by atoms with E-state index in [0.717, 1.165) is 0 Å². The van der Waals surface area contributed by atoms with Crippen molar-refractivity contribution in [1.82, 2.24) is 4.67 Å². The predicted octanol–water partition coefficient (Wildman–Crippen LogP) is 0.150. The number of rotatable bonds is 2. The van der Waals surface area contributed by atoms with Crippen LogP contribution >= 0.6 is 8.53 Å². The molecule has 0 aliphatic carbocycles. The van der Waals surface area contributed by atoms with Crippen LogP contribution in [0.3, 0.4) is 0 Å². The van der Waals surface area contributed by atoms with Crippen molar-refractivity contribution in [3.8, 4) is 0 Å². The lowest BCUT2D eigenvalue weighted by Crippen LogP contribution is -2.09. The molecule has 7 heavy (non-hydrogen) atoms. The molecule has 0 atom stereocenters. The Morgan fingerprint density at radius 1 is 1.57 bits per heavy atom. The van der Waals surface area contributed by atoms with Gasteiger partial charge in [0.2, 0.25) is 0 Å². The standard InChI is InChI=1S/C3H10NO2P/c1-3-4(2)7(5)6/h5-6H,3H2,1-2H3. The van der Waals surface area contributed by atoms with Gasteiger partial charge in [0.05, 0.1) is 0 Å². The Morgan fingerprint density at radius 3 is 2.00 bits per heavy atom. The fraction of sp³-hybridized carbons (Fsp3) is 1.00. The van der Waals surface area contributed by atoms with Gasteiger partial charge in [-0.1, -0.05) is 6.92 Å². The number of nitrogens with zero attached hydrogens (tertiary/aromatic N) is 1. The zero-order chi connectivity index (χ0) is 5.86. The fourth-order valence-corrected chi connectivity index (χ4v) is 0.379. The summed E-state index contributed by atoms with van der Waals surface area (Å²) in [4.78, 5) is 16.7. The molecule has 0 saturated carbocycles. The Bertz CT molecular complexity index is 50.2. The van der Waals surface area contributed by atoms with Crippen molar-refractivity contribution in [3.63, 3.8) is 0 Å². The highest BCUT2D eigenvalue weighted by atomic mass is 31.2. The van der Waals surface area contributed by atoms with E-state index in [9.17, 15) is 0 Å². The lowest BCUT2D eigenvalue weighted by molar-refractivity contribution is 0.386. The molecule has 0 unspecified atom stereocenters. The Morgan fingerprint density at radius 2 is 2.00 bits per heavy atom. The minimum Gasteiger partial charge on any atom is -0.338 e. The molecule has 4 heteroatoms. The van der Waals surface area contributed by atoms with Crippen LogP contribution in [-0.4, -0.2) is 28.0 Å². The van der Waals surface area contributed by atoms with Crippen LogP contribution in [0.5, 0.6) is 0 Å². The van der Waals surface area contributed by atoms with Crippen molar-refractivity contribution in [2.45, 2.75) is 6.92 Å². The molecular weight excluding hydrogens is 113 g/mol. The minimum absolute atomic E-state index is 0.679. The van der Waals surface area contributed by atoms with Gasteiger partial charge in [0, 0.05) is 6.54 Å². The van der Waals surface area contributed by atoms with Crippen LogP contribution in [0.15, 0.2) is 0 Å². The summed E-state index contributed by atoms with van der Waals surface area (Å²) in [5, 5.41) is 0. The summed E-state index contributed by atoms with van der Waals surface area (Å²) in [5.41, 5.74) is 0. The maximum Gasteiger partial charge on any atom is 0.252 e. The molecule has 0 amide bonds. The average molecular weight is 123 g/mol. The highest BCUT2D eigenvalue weighted by Gasteiger charge is 2.01. The third kappa shape index (κ3) is 2.94. The van der Waals surface area contributed by atoms with Gasteiger partial charge < -0.3 is 9.79 Å². The summed E-state index contributed by atoms with van der Waals surface area (Å²) in [6.45, 7) is 2.54. The van der Waals surface area contributed by atoms with Crippen molar-refractivity contribution in [2.24, 2.45) is 0 Å². The van der Waals surface area contributed by atoms with Gasteiger partial charge in [-0.2, -0.15) is 0 Å². The molecule has 3 nitrogen and oxygen atoms in total. The van der Waals surface area contributed by atoms with Gasteiger partial charge in [-0.25, -0.2) is 4.67 Å². The molecule has 0 aliphatic rings. The highest BCUT2D eigenvalue weighted by Crippen LogP contribution is 2.25. The second kappa shape index (κ2) is 3.33. The van der Waals surface area contributed by atoms with Crippen LogP contribution in [-0.2, 0) is 0 Å². The lowest BCUT2D eigenvalue weighted by Gasteiger charge is -2.12. The summed E-state index contributed by atoms with van der Waals surface area (Å²) < 4.78 is 1.47. The summed E-state index contributed by atoms with van der Waals surface area (Å²) in [5.74, 6) is 0. The molecule has 0 bridgehead atoms. The Balaban J connectivity index is 3.14. The fourth-order valence-electron chi connectivity index (χ4n) is 0.126. The Hall–Kier alpha value is 0.310. The first-order valence-electron chi connectivity index (χ1n) is 2.07. The van der Waals surface area contributed by atoms with Gasteiger partial charge >= 0.3 is 0 Å². The van der Waals surface area contributed by atoms with Gasteiger partial charge in [0.15, 0.2) is 0 Å². The van der Waals surface area contributed by atoms with Crippen LogP contribution in [0.25, 0.3) is 0 Å². The Labute approximate surface area is 44.5 Å². The molecule has 0 aromatic rings. The van der Waals surface area contributed by atoms with E-state index in [1.54, 1.807) is 7.05 Å². The predicted molar refractivity (Wildman–Crippen MR) is 29.7 cm³/mol. The molecule has 0 aromatic carbocycles. The van der Waals surface area contributed by atoms with Gasteiger partial charge in [0.1, 0.15) is 0 Å². The SMILES string of the molecule is CCN(C)P(O)O. The molecule has 0 spiro atoms. The average Bonchev–Trinajstić information content (AvgIpc) is 1.65. The first kappa shape index (κ1) is 7.31. The van der Waals surface area contributed by atoms with Crippen molar-refractivity contribution >= 4 is 8.53 Å². The third-order valence-electron chi connectivity index (χ3n) is 0.763. The molecule has 0 radical (unpaired) electrons. The maximum absolute atomic E-state index is 8.37. The van der Waals surface area contributed by atoms with Crippen LogP contribution < -0.4 is 0 Å². The Kier molecular flexibility index (Phi) is 3.48. The molecule has 0 saturated heterocycles. The molecule has 2 N–H and O–H groups in total. The van der Waals surface area contributed by atoms with Gasteiger partial charge in [-0.15, -0.1) is 0 Å². The van der Waals surface area contributed by atoms with E-state index >= 15 is 0 Å². The summed E-state index contributed by atoms with van der Waals surface area (Å²) in [6, 6.07) is 0. The van der Waals surface area contributed by atoms with E-state index in [1.165, 1.54) is 4.67 Å². The lowest BCUT2D eigenvalue weighted by atomic mass is 10.8. The summed E-state index contributed by atoms with van der Waals surface area (Å²) >= 11 is 0. The first-order chi connectivity index (χ1) is 3.18. The zero-order valence-corrected chi connectivity index (χ0v) is 5.39. The number of hydrogen-bond acceptors (Lipinski definition) is 3. The van der Waals surface area contributed by atoms with Gasteiger partial charge in [-0.3, -0.25) is 0 Å².